The van der Waals surface area contributed by atoms with Crippen molar-refractivity contribution in [3.8, 4) is 0 Å². The van der Waals surface area contributed by atoms with Gasteiger partial charge in [0, 0.05) is 45.9 Å². The lowest BCUT2D eigenvalue weighted by Gasteiger charge is -2.32. The fourth-order valence-corrected chi connectivity index (χ4v) is 2.97. The molecule has 0 aromatic carbocycles. The number of hydrogen-bond acceptors (Lipinski definition) is 6. The van der Waals surface area contributed by atoms with Crippen LogP contribution in [0.1, 0.15) is 39.5 Å². The highest BCUT2D eigenvalue weighted by atomic mass is 16.5. The molecule has 1 aromatic rings. The quantitative estimate of drug-likeness (QED) is 0.664. The molecule has 0 aliphatic carbocycles. The van der Waals surface area contributed by atoms with Crippen LogP contribution >= 0.6 is 0 Å². The van der Waals surface area contributed by atoms with Crippen molar-refractivity contribution in [3.63, 3.8) is 0 Å². The third-order valence-corrected chi connectivity index (χ3v) is 4.37. The predicted molar refractivity (Wildman–Crippen MR) is 99.8 cm³/mol. The summed E-state index contributed by atoms with van der Waals surface area (Å²) in [5.41, 5.74) is 0. The number of rotatable bonds is 9. The Hall–Kier alpha value is -1.89. The summed E-state index contributed by atoms with van der Waals surface area (Å²) < 4.78 is 5.47. The van der Waals surface area contributed by atoms with Crippen molar-refractivity contribution in [3.05, 3.63) is 12.3 Å². The molecule has 0 saturated carbocycles. The molecule has 0 radical (unpaired) electrons. The third-order valence-electron chi connectivity index (χ3n) is 4.37. The van der Waals surface area contributed by atoms with Gasteiger partial charge in [0.2, 0.25) is 11.9 Å². The number of nitrogens with zero attached hydrogens (tertiary/aromatic N) is 3. The summed E-state index contributed by atoms with van der Waals surface area (Å²) in [5.74, 6) is 2.20. The predicted octanol–water partition coefficient (Wildman–Crippen LogP) is 2.06. The average molecular weight is 349 g/mol. The number of piperidine rings is 1. The highest BCUT2D eigenvalue weighted by molar-refractivity contribution is 5.76. The molecule has 1 aliphatic heterocycles. The summed E-state index contributed by atoms with van der Waals surface area (Å²) in [5, 5.41) is 5.97. The summed E-state index contributed by atoms with van der Waals surface area (Å²) in [6.45, 7) is 7.29. The van der Waals surface area contributed by atoms with Crippen LogP contribution in [0.2, 0.25) is 0 Å². The van der Waals surface area contributed by atoms with Crippen LogP contribution in [0.3, 0.4) is 0 Å². The standard InChI is InChI=1S/C18H31N5O2/c1-14(2)25-12-4-8-20-17(24)13-15-6-10-23(11-7-15)16-5-9-21-18(19-3)22-16/h5,9,14-15H,4,6-8,10-13H2,1-3H3,(H,20,24)(H,19,21,22). The van der Waals surface area contributed by atoms with Gasteiger partial charge < -0.3 is 20.3 Å². The van der Waals surface area contributed by atoms with Gasteiger partial charge in [0.15, 0.2) is 0 Å². The zero-order chi connectivity index (χ0) is 18.1. The first-order valence-electron chi connectivity index (χ1n) is 9.22. The highest BCUT2D eigenvalue weighted by Gasteiger charge is 2.22. The zero-order valence-electron chi connectivity index (χ0n) is 15.6. The van der Waals surface area contributed by atoms with Gasteiger partial charge in [-0.2, -0.15) is 4.98 Å². The molecule has 0 spiro atoms. The number of carbonyl (C=O) groups excluding carboxylic acids is 1. The molecule has 1 aromatic heterocycles. The smallest absolute Gasteiger partial charge is 0.224 e. The molecule has 25 heavy (non-hydrogen) atoms. The Bertz CT molecular complexity index is 530. The van der Waals surface area contributed by atoms with Gasteiger partial charge >= 0.3 is 0 Å². The lowest BCUT2D eigenvalue weighted by Crippen LogP contribution is -2.36. The lowest BCUT2D eigenvalue weighted by molar-refractivity contribution is -0.122. The first kappa shape index (κ1) is 19.4. The monoisotopic (exact) mass is 349 g/mol. The van der Waals surface area contributed by atoms with E-state index in [0.29, 0.717) is 31.4 Å². The number of nitrogens with one attached hydrogen (secondary N) is 2. The maximum atomic E-state index is 12.0. The molecule has 140 valence electrons. The second-order valence-electron chi connectivity index (χ2n) is 6.75. The van der Waals surface area contributed by atoms with E-state index in [0.717, 1.165) is 38.2 Å². The molecule has 0 unspecified atom stereocenters. The third kappa shape index (κ3) is 6.86. The fourth-order valence-electron chi connectivity index (χ4n) is 2.97. The van der Waals surface area contributed by atoms with Crippen LogP contribution in [0.5, 0.6) is 0 Å². The van der Waals surface area contributed by atoms with Gasteiger partial charge in [-0.05, 0) is 45.1 Å². The molecule has 2 heterocycles. The summed E-state index contributed by atoms with van der Waals surface area (Å²) in [6, 6.07) is 1.94. The van der Waals surface area contributed by atoms with Gasteiger partial charge in [0.05, 0.1) is 6.10 Å². The Morgan fingerprint density at radius 2 is 2.16 bits per heavy atom. The van der Waals surface area contributed by atoms with E-state index in [-0.39, 0.29) is 12.0 Å². The van der Waals surface area contributed by atoms with Crippen LogP contribution < -0.4 is 15.5 Å². The molecular weight excluding hydrogens is 318 g/mol. The Balaban J connectivity index is 1.65. The number of carbonyl (C=O) groups is 1. The summed E-state index contributed by atoms with van der Waals surface area (Å²) >= 11 is 0. The van der Waals surface area contributed by atoms with Crippen LogP contribution in [-0.4, -0.2) is 55.3 Å². The van der Waals surface area contributed by atoms with Crippen molar-refractivity contribution >= 4 is 17.7 Å². The second kappa shape index (κ2) is 10.2. The van der Waals surface area contributed by atoms with Crippen molar-refractivity contribution in [2.45, 2.75) is 45.6 Å². The Morgan fingerprint density at radius 1 is 1.40 bits per heavy atom. The van der Waals surface area contributed by atoms with E-state index in [4.69, 9.17) is 4.74 Å². The minimum absolute atomic E-state index is 0.155. The highest BCUT2D eigenvalue weighted by Crippen LogP contribution is 2.24. The van der Waals surface area contributed by atoms with E-state index in [9.17, 15) is 4.79 Å². The Labute approximate surface area is 150 Å². The molecule has 7 nitrogen and oxygen atoms in total. The molecule has 7 heteroatoms. The number of anilines is 2. The Morgan fingerprint density at radius 3 is 2.84 bits per heavy atom. The summed E-state index contributed by atoms with van der Waals surface area (Å²) in [7, 11) is 1.82. The number of hydrogen-bond donors (Lipinski definition) is 2. The molecule has 1 fully saturated rings. The van der Waals surface area contributed by atoms with E-state index in [1.165, 1.54) is 0 Å². The van der Waals surface area contributed by atoms with Crippen molar-refractivity contribution in [2.75, 3.05) is 43.5 Å². The van der Waals surface area contributed by atoms with Crippen LogP contribution in [0.25, 0.3) is 0 Å². The van der Waals surface area contributed by atoms with Gasteiger partial charge in [-0.15, -0.1) is 0 Å². The molecule has 2 N–H and O–H groups in total. The lowest BCUT2D eigenvalue weighted by atomic mass is 9.93. The normalized spacial score (nSPS) is 15.4. The molecule has 2 rings (SSSR count). The molecule has 1 amide bonds. The van der Waals surface area contributed by atoms with Crippen LogP contribution in [0.15, 0.2) is 12.3 Å². The zero-order valence-corrected chi connectivity index (χ0v) is 15.6. The maximum Gasteiger partial charge on any atom is 0.224 e. The number of amides is 1. The van der Waals surface area contributed by atoms with E-state index in [2.05, 4.69) is 25.5 Å². The first-order valence-corrected chi connectivity index (χ1v) is 9.22. The minimum atomic E-state index is 0.155. The molecule has 1 aliphatic rings. The minimum Gasteiger partial charge on any atom is -0.379 e. The van der Waals surface area contributed by atoms with Gasteiger partial charge in [-0.25, -0.2) is 4.98 Å². The van der Waals surface area contributed by atoms with Crippen LogP contribution in [-0.2, 0) is 9.53 Å². The maximum absolute atomic E-state index is 12.0. The molecule has 0 atom stereocenters. The van der Waals surface area contributed by atoms with Crippen LogP contribution in [0.4, 0.5) is 11.8 Å². The first-order chi connectivity index (χ1) is 12.1. The Kier molecular flexibility index (Phi) is 7.91. The van der Waals surface area contributed by atoms with Crippen molar-refractivity contribution < 1.29 is 9.53 Å². The van der Waals surface area contributed by atoms with Crippen molar-refractivity contribution in [1.29, 1.82) is 0 Å². The van der Waals surface area contributed by atoms with Gasteiger partial charge in [0.25, 0.3) is 0 Å². The molecule has 1 saturated heterocycles. The van der Waals surface area contributed by atoms with Crippen molar-refractivity contribution in [1.82, 2.24) is 15.3 Å². The topological polar surface area (TPSA) is 79.4 Å². The number of aromatic nitrogens is 2. The van der Waals surface area contributed by atoms with E-state index >= 15 is 0 Å². The van der Waals surface area contributed by atoms with E-state index in [1.807, 2.05) is 27.0 Å². The van der Waals surface area contributed by atoms with Gasteiger partial charge in [-0.1, -0.05) is 0 Å². The van der Waals surface area contributed by atoms with Crippen molar-refractivity contribution in [2.24, 2.45) is 5.92 Å². The largest absolute Gasteiger partial charge is 0.379 e. The van der Waals surface area contributed by atoms with Gasteiger partial charge in [-0.3, -0.25) is 4.79 Å². The SMILES string of the molecule is CNc1nccc(N2CCC(CC(=O)NCCCOC(C)C)CC2)n1. The van der Waals surface area contributed by atoms with E-state index < -0.39 is 0 Å². The molecule has 0 bridgehead atoms. The van der Waals surface area contributed by atoms with E-state index in [1.54, 1.807) is 6.20 Å². The summed E-state index contributed by atoms with van der Waals surface area (Å²) in [4.78, 5) is 22.9. The molecular formula is C18H31N5O2. The van der Waals surface area contributed by atoms with Crippen LogP contribution in [0, 0.1) is 5.92 Å². The summed E-state index contributed by atoms with van der Waals surface area (Å²) in [6.07, 6.45) is 5.54. The number of ether oxygens (including phenoxy) is 1. The second-order valence-corrected chi connectivity index (χ2v) is 6.75. The van der Waals surface area contributed by atoms with Gasteiger partial charge in [0.1, 0.15) is 5.82 Å². The fraction of sp³-hybridized carbons (Fsp3) is 0.722. The average Bonchev–Trinajstić information content (AvgIpc) is 2.62.